The largest absolute Gasteiger partial charge is 0.331 e. The van der Waals surface area contributed by atoms with Crippen LogP contribution in [0.25, 0.3) is 0 Å². The second-order valence-corrected chi connectivity index (χ2v) is 8.18. The van der Waals surface area contributed by atoms with Crippen molar-refractivity contribution in [2.75, 3.05) is 10.6 Å². The van der Waals surface area contributed by atoms with Crippen molar-refractivity contribution in [2.24, 2.45) is 10.2 Å². The number of benzene rings is 2. The number of nitrogens with two attached hydrogens (primary N) is 1. The van der Waals surface area contributed by atoms with Gasteiger partial charge in [0.2, 0.25) is 10.0 Å². The van der Waals surface area contributed by atoms with Crippen LogP contribution in [0.3, 0.4) is 0 Å². The third-order valence-corrected chi connectivity index (χ3v) is 5.07. The molecule has 8 nitrogen and oxygen atoms in total. The highest BCUT2D eigenvalue weighted by molar-refractivity contribution is 7.89. The first-order valence-electron chi connectivity index (χ1n) is 7.23. The highest BCUT2D eigenvalue weighted by atomic mass is 35.5. The van der Waals surface area contributed by atoms with Crippen molar-refractivity contribution >= 4 is 73.5 Å². The van der Waals surface area contributed by atoms with Crippen molar-refractivity contribution in [1.82, 2.24) is 5.43 Å². The zero-order valence-corrected chi connectivity index (χ0v) is 16.4. The predicted octanol–water partition coefficient (Wildman–Crippen LogP) is 2.28. The molecule has 3 rings (SSSR count). The summed E-state index contributed by atoms with van der Waals surface area (Å²) in [6, 6.07) is 8.81. The number of anilines is 2. The standard InChI is InChI=1S/C15H11Cl2N5O3S2/c16-7-4-10-12(11(17)5-7)20-14(23)13(10)21-22-15(26)19-8-2-1-3-9(6-8)27(18,24)25/h1-6H,(H2,18,24,25)(H2,19,22,26)(H,20,21,23). The van der Waals surface area contributed by atoms with Gasteiger partial charge in [-0.15, -0.1) is 0 Å². The van der Waals surface area contributed by atoms with Gasteiger partial charge in [0.05, 0.1) is 15.6 Å². The molecule has 1 heterocycles. The van der Waals surface area contributed by atoms with E-state index in [0.29, 0.717) is 22.0 Å². The average molecular weight is 444 g/mol. The van der Waals surface area contributed by atoms with Crippen LogP contribution in [0.5, 0.6) is 0 Å². The monoisotopic (exact) mass is 443 g/mol. The molecule has 12 heteroatoms. The smallest absolute Gasteiger partial charge is 0.276 e. The van der Waals surface area contributed by atoms with Crippen LogP contribution in [0.4, 0.5) is 11.4 Å². The van der Waals surface area contributed by atoms with Crippen molar-refractivity contribution in [2.45, 2.75) is 4.90 Å². The first-order chi connectivity index (χ1) is 12.6. The van der Waals surface area contributed by atoms with Gasteiger partial charge in [-0.1, -0.05) is 29.3 Å². The molecule has 140 valence electrons. The molecule has 27 heavy (non-hydrogen) atoms. The average Bonchev–Trinajstić information content (AvgIpc) is 2.88. The number of amides is 1. The lowest BCUT2D eigenvalue weighted by atomic mass is 10.1. The number of rotatable bonds is 3. The van der Waals surface area contributed by atoms with Crippen molar-refractivity contribution in [3.63, 3.8) is 0 Å². The Bertz CT molecular complexity index is 1100. The molecule has 0 saturated carbocycles. The van der Waals surface area contributed by atoms with Crippen molar-refractivity contribution in [3.05, 3.63) is 52.0 Å². The van der Waals surface area contributed by atoms with E-state index in [0.717, 1.165) is 0 Å². The summed E-state index contributed by atoms with van der Waals surface area (Å²) < 4.78 is 22.8. The van der Waals surface area contributed by atoms with Gasteiger partial charge in [0.15, 0.2) is 10.8 Å². The van der Waals surface area contributed by atoms with Gasteiger partial charge in [-0.2, -0.15) is 5.10 Å². The highest BCUT2D eigenvalue weighted by Crippen LogP contribution is 2.34. The molecule has 0 bridgehead atoms. The van der Waals surface area contributed by atoms with Gasteiger partial charge in [-0.3, -0.25) is 10.2 Å². The quantitative estimate of drug-likeness (QED) is 0.425. The fourth-order valence-corrected chi connectivity index (χ4v) is 3.57. The maximum Gasteiger partial charge on any atom is 0.276 e. The Labute approximate surface area is 169 Å². The summed E-state index contributed by atoms with van der Waals surface area (Å²) in [7, 11) is -3.84. The van der Waals surface area contributed by atoms with E-state index >= 15 is 0 Å². The summed E-state index contributed by atoms with van der Waals surface area (Å²) in [4.78, 5) is 12.0. The molecule has 0 unspecified atom stereocenters. The summed E-state index contributed by atoms with van der Waals surface area (Å²) in [5, 5.41) is 15.1. The Morgan fingerprint density at radius 1 is 1.22 bits per heavy atom. The summed E-state index contributed by atoms with van der Waals surface area (Å²) in [6.07, 6.45) is 0. The molecule has 0 saturated heterocycles. The number of hydrogen-bond donors (Lipinski definition) is 4. The lowest BCUT2D eigenvalue weighted by Crippen LogP contribution is -2.27. The van der Waals surface area contributed by atoms with Gasteiger partial charge in [0.1, 0.15) is 0 Å². The van der Waals surface area contributed by atoms with Crippen LogP contribution in [0.2, 0.25) is 10.0 Å². The minimum atomic E-state index is -3.84. The first-order valence-corrected chi connectivity index (χ1v) is 9.94. The number of sulfonamides is 1. The lowest BCUT2D eigenvalue weighted by molar-refractivity contribution is -0.110. The second kappa shape index (κ2) is 7.41. The molecule has 0 aromatic heterocycles. The maximum absolute atomic E-state index is 12.1. The number of thiocarbonyl (C=S) groups is 1. The second-order valence-electron chi connectivity index (χ2n) is 5.36. The SMILES string of the molecule is NS(=O)(=O)c1cccc(NC(=S)NN=C2C(=O)Nc3c(Cl)cc(Cl)cc32)c1. The normalized spacial score (nSPS) is 14.6. The molecule has 0 atom stereocenters. The van der Waals surface area contributed by atoms with E-state index < -0.39 is 15.9 Å². The van der Waals surface area contributed by atoms with Crippen LogP contribution in [-0.4, -0.2) is 25.1 Å². The van der Waals surface area contributed by atoms with Crippen LogP contribution < -0.4 is 21.2 Å². The molecule has 0 spiro atoms. The molecule has 2 aromatic carbocycles. The van der Waals surface area contributed by atoms with Crippen LogP contribution >= 0.6 is 35.4 Å². The number of hydrazone groups is 1. The predicted molar refractivity (Wildman–Crippen MR) is 109 cm³/mol. The molecule has 1 amide bonds. The Kier molecular flexibility index (Phi) is 5.36. The molecule has 1 aliphatic rings. The van der Waals surface area contributed by atoms with Gasteiger partial charge in [0, 0.05) is 16.3 Å². The fourth-order valence-electron chi connectivity index (χ4n) is 2.31. The van der Waals surface area contributed by atoms with Crippen LogP contribution in [-0.2, 0) is 14.8 Å². The Balaban J connectivity index is 1.78. The van der Waals surface area contributed by atoms with Crippen molar-refractivity contribution < 1.29 is 13.2 Å². The van der Waals surface area contributed by atoms with E-state index in [1.165, 1.54) is 24.3 Å². The van der Waals surface area contributed by atoms with Gasteiger partial charge < -0.3 is 10.6 Å². The lowest BCUT2D eigenvalue weighted by Gasteiger charge is -2.08. The minimum Gasteiger partial charge on any atom is -0.331 e. The van der Waals surface area contributed by atoms with Crippen molar-refractivity contribution in [1.29, 1.82) is 0 Å². The molecular weight excluding hydrogens is 433 g/mol. The van der Waals surface area contributed by atoms with E-state index in [1.54, 1.807) is 12.1 Å². The number of nitrogens with one attached hydrogen (secondary N) is 3. The van der Waals surface area contributed by atoms with E-state index in [2.05, 4.69) is 21.2 Å². The maximum atomic E-state index is 12.1. The van der Waals surface area contributed by atoms with Crippen LogP contribution in [0, 0.1) is 0 Å². The molecule has 1 aliphatic heterocycles. The van der Waals surface area contributed by atoms with Gasteiger partial charge >= 0.3 is 0 Å². The van der Waals surface area contributed by atoms with E-state index in [9.17, 15) is 13.2 Å². The summed E-state index contributed by atoms with van der Waals surface area (Å²) in [5.41, 5.74) is 3.79. The highest BCUT2D eigenvalue weighted by Gasteiger charge is 2.28. The molecule has 0 aliphatic carbocycles. The van der Waals surface area contributed by atoms with Gasteiger partial charge in [-0.25, -0.2) is 13.6 Å². The Hall–Kier alpha value is -2.24. The first kappa shape index (κ1) is 19.5. The molecule has 5 N–H and O–H groups in total. The molecular formula is C15H11Cl2N5O3S2. The summed E-state index contributed by atoms with van der Waals surface area (Å²) >= 11 is 17.1. The molecule has 2 aromatic rings. The number of carbonyl (C=O) groups is 1. The Morgan fingerprint density at radius 3 is 2.67 bits per heavy atom. The minimum absolute atomic E-state index is 0.0310. The number of primary sulfonamides is 1. The van der Waals surface area contributed by atoms with Crippen LogP contribution in [0.15, 0.2) is 46.4 Å². The van der Waals surface area contributed by atoms with Crippen molar-refractivity contribution in [3.8, 4) is 0 Å². The summed E-state index contributed by atoms with van der Waals surface area (Å²) in [6.45, 7) is 0. The van der Waals surface area contributed by atoms with E-state index in [-0.39, 0.29) is 20.7 Å². The fraction of sp³-hybridized carbons (Fsp3) is 0. The zero-order chi connectivity index (χ0) is 19.8. The molecule has 0 radical (unpaired) electrons. The van der Waals surface area contributed by atoms with E-state index in [1.807, 2.05) is 0 Å². The molecule has 0 fully saturated rings. The number of hydrogen-bond acceptors (Lipinski definition) is 5. The zero-order valence-electron chi connectivity index (χ0n) is 13.3. The number of nitrogens with zero attached hydrogens (tertiary/aromatic N) is 1. The summed E-state index contributed by atoms with van der Waals surface area (Å²) in [5.74, 6) is -0.472. The number of halogens is 2. The number of carbonyl (C=O) groups excluding carboxylic acids is 1. The van der Waals surface area contributed by atoms with Crippen LogP contribution in [0.1, 0.15) is 5.56 Å². The number of fused-ring (bicyclic) bond motifs is 1. The third-order valence-electron chi connectivity index (χ3n) is 3.45. The topological polar surface area (TPSA) is 126 Å². The van der Waals surface area contributed by atoms with Gasteiger partial charge in [0.25, 0.3) is 5.91 Å². The van der Waals surface area contributed by atoms with E-state index in [4.69, 9.17) is 40.6 Å². The third kappa shape index (κ3) is 4.37. The van der Waals surface area contributed by atoms with Gasteiger partial charge in [-0.05, 0) is 42.5 Å². The Morgan fingerprint density at radius 2 is 1.96 bits per heavy atom.